The summed E-state index contributed by atoms with van der Waals surface area (Å²) in [6.45, 7) is 3.00. The van der Waals surface area contributed by atoms with Crippen LogP contribution < -0.4 is 5.32 Å². The molecule has 1 aliphatic heterocycles. The number of benzene rings is 1. The Bertz CT molecular complexity index is 837. The highest BCUT2D eigenvalue weighted by molar-refractivity contribution is 5.92. The van der Waals surface area contributed by atoms with E-state index in [-0.39, 0.29) is 5.91 Å². The number of rotatable bonds is 4. The molecule has 26 heavy (non-hydrogen) atoms. The van der Waals surface area contributed by atoms with Crippen molar-refractivity contribution in [3.8, 4) is 11.4 Å². The number of fused-ring (bicyclic) bond motifs is 1. The molecule has 4 rings (SSSR count). The minimum absolute atomic E-state index is 0.0851. The molecule has 2 heterocycles. The fourth-order valence-corrected chi connectivity index (χ4v) is 3.90. The molecule has 1 atom stereocenters. The normalized spacial score (nSPS) is 19.2. The Kier molecular flexibility index (Phi) is 4.87. The number of carbonyl (C=O) groups excluding carboxylic acids is 1. The molecule has 0 saturated heterocycles. The highest BCUT2D eigenvalue weighted by Gasteiger charge is 2.18. The number of nitrogens with zero attached hydrogens (tertiary/aromatic N) is 3. The molecule has 1 aromatic carbocycles. The number of amides is 1. The van der Waals surface area contributed by atoms with Gasteiger partial charge in [-0.15, -0.1) is 10.2 Å². The van der Waals surface area contributed by atoms with Gasteiger partial charge in [0.2, 0.25) is 5.91 Å². The fraction of sp³-hybridized carbons (Fsp3) is 0.476. The monoisotopic (exact) mass is 350 g/mol. The molecular weight excluding hydrogens is 324 g/mol. The Morgan fingerprint density at radius 3 is 3.04 bits per heavy atom. The van der Waals surface area contributed by atoms with Crippen molar-refractivity contribution >= 4 is 11.6 Å². The van der Waals surface area contributed by atoms with E-state index in [2.05, 4.69) is 44.4 Å². The van der Waals surface area contributed by atoms with Crippen molar-refractivity contribution in [3.05, 3.63) is 41.7 Å². The summed E-state index contributed by atoms with van der Waals surface area (Å²) in [4.78, 5) is 12.4. The van der Waals surface area contributed by atoms with Crippen molar-refractivity contribution in [2.45, 2.75) is 58.4 Å². The fourth-order valence-electron chi connectivity index (χ4n) is 3.90. The SMILES string of the molecule is Cc1ccc(-c2nnc3n2CCCCC3)cc1NC(=O)CC1C=CCC1. The van der Waals surface area contributed by atoms with E-state index in [0.717, 1.165) is 54.3 Å². The van der Waals surface area contributed by atoms with E-state index in [1.165, 1.54) is 19.3 Å². The molecule has 5 heteroatoms. The molecular formula is C21H26N4O. The third-order valence-electron chi connectivity index (χ3n) is 5.44. The van der Waals surface area contributed by atoms with Crippen LogP contribution in [0.2, 0.25) is 0 Å². The van der Waals surface area contributed by atoms with Crippen LogP contribution in [0.4, 0.5) is 5.69 Å². The second-order valence-corrected chi connectivity index (χ2v) is 7.45. The number of allylic oxidation sites excluding steroid dienone is 2. The molecule has 5 nitrogen and oxygen atoms in total. The summed E-state index contributed by atoms with van der Waals surface area (Å²) in [5, 5.41) is 11.9. The van der Waals surface area contributed by atoms with Crippen LogP contribution in [-0.4, -0.2) is 20.7 Å². The topological polar surface area (TPSA) is 59.8 Å². The van der Waals surface area contributed by atoms with Crippen LogP contribution in [0, 0.1) is 12.8 Å². The molecule has 0 fully saturated rings. The predicted octanol–water partition coefficient (Wildman–Crippen LogP) is 4.27. The van der Waals surface area contributed by atoms with Gasteiger partial charge in [-0.25, -0.2) is 0 Å². The summed E-state index contributed by atoms with van der Waals surface area (Å²) in [6, 6.07) is 6.17. The Morgan fingerprint density at radius 1 is 1.27 bits per heavy atom. The molecule has 1 aliphatic carbocycles. The summed E-state index contributed by atoms with van der Waals surface area (Å²) in [5.41, 5.74) is 2.97. The van der Waals surface area contributed by atoms with E-state index < -0.39 is 0 Å². The lowest BCUT2D eigenvalue weighted by molar-refractivity contribution is -0.116. The van der Waals surface area contributed by atoms with Gasteiger partial charge in [0.1, 0.15) is 5.82 Å². The molecule has 0 saturated carbocycles. The summed E-state index contributed by atoms with van der Waals surface area (Å²) < 4.78 is 2.24. The summed E-state index contributed by atoms with van der Waals surface area (Å²) in [5.74, 6) is 2.46. The third kappa shape index (κ3) is 3.57. The molecule has 1 unspecified atom stereocenters. The van der Waals surface area contributed by atoms with E-state index in [1.807, 2.05) is 13.0 Å². The summed E-state index contributed by atoms with van der Waals surface area (Å²) >= 11 is 0. The first-order chi connectivity index (χ1) is 12.7. The highest BCUT2D eigenvalue weighted by Crippen LogP contribution is 2.28. The lowest BCUT2D eigenvalue weighted by Crippen LogP contribution is -2.15. The van der Waals surface area contributed by atoms with Gasteiger partial charge in [0.15, 0.2) is 5.82 Å². The average molecular weight is 350 g/mol. The van der Waals surface area contributed by atoms with E-state index >= 15 is 0 Å². The van der Waals surface area contributed by atoms with Gasteiger partial charge in [0, 0.05) is 30.6 Å². The molecule has 136 valence electrons. The largest absolute Gasteiger partial charge is 0.326 e. The molecule has 1 N–H and O–H groups in total. The first-order valence-corrected chi connectivity index (χ1v) is 9.70. The Morgan fingerprint density at radius 2 is 2.19 bits per heavy atom. The predicted molar refractivity (Wildman–Crippen MR) is 103 cm³/mol. The van der Waals surface area contributed by atoms with Crippen molar-refractivity contribution < 1.29 is 4.79 Å². The van der Waals surface area contributed by atoms with Crippen LogP contribution in [0.15, 0.2) is 30.4 Å². The van der Waals surface area contributed by atoms with Gasteiger partial charge in [-0.1, -0.05) is 30.7 Å². The number of aryl methyl sites for hydroxylation is 2. The van der Waals surface area contributed by atoms with Crippen molar-refractivity contribution in [1.82, 2.24) is 14.8 Å². The van der Waals surface area contributed by atoms with Gasteiger partial charge < -0.3 is 9.88 Å². The number of anilines is 1. The zero-order valence-corrected chi connectivity index (χ0v) is 15.4. The molecule has 2 aromatic rings. The molecule has 1 amide bonds. The lowest BCUT2D eigenvalue weighted by Gasteiger charge is -2.13. The average Bonchev–Trinajstić information content (AvgIpc) is 3.21. The van der Waals surface area contributed by atoms with Crippen LogP contribution >= 0.6 is 0 Å². The van der Waals surface area contributed by atoms with E-state index in [0.29, 0.717) is 12.3 Å². The second-order valence-electron chi connectivity index (χ2n) is 7.45. The minimum atomic E-state index is 0.0851. The van der Waals surface area contributed by atoms with Crippen molar-refractivity contribution in [1.29, 1.82) is 0 Å². The number of aromatic nitrogens is 3. The lowest BCUT2D eigenvalue weighted by atomic mass is 10.0. The van der Waals surface area contributed by atoms with Crippen LogP contribution in [-0.2, 0) is 17.8 Å². The maximum Gasteiger partial charge on any atom is 0.224 e. The van der Waals surface area contributed by atoms with Crippen LogP contribution in [0.3, 0.4) is 0 Å². The van der Waals surface area contributed by atoms with Gasteiger partial charge >= 0.3 is 0 Å². The number of nitrogens with one attached hydrogen (secondary N) is 1. The molecule has 0 radical (unpaired) electrons. The first kappa shape index (κ1) is 17.0. The van der Waals surface area contributed by atoms with E-state index in [1.54, 1.807) is 0 Å². The number of hydrogen-bond acceptors (Lipinski definition) is 3. The molecule has 0 spiro atoms. The Labute approximate surface area is 154 Å². The number of hydrogen-bond donors (Lipinski definition) is 1. The quantitative estimate of drug-likeness (QED) is 0.838. The van der Waals surface area contributed by atoms with E-state index in [4.69, 9.17) is 0 Å². The highest BCUT2D eigenvalue weighted by atomic mass is 16.1. The second kappa shape index (κ2) is 7.44. The van der Waals surface area contributed by atoms with Gasteiger partial charge in [-0.2, -0.15) is 0 Å². The first-order valence-electron chi connectivity index (χ1n) is 9.70. The Balaban J connectivity index is 1.55. The van der Waals surface area contributed by atoms with Crippen molar-refractivity contribution in [2.75, 3.05) is 5.32 Å². The molecule has 2 aliphatic rings. The minimum Gasteiger partial charge on any atom is -0.326 e. The summed E-state index contributed by atoms with van der Waals surface area (Å²) in [6.07, 6.45) is 11.6. The molecule has 0 bridgehead atoms. The van der Waals surface area contributed by atoms with Crippen molar-refractivity contribution in [2.24, 2.45) is 5.92 Å². The zero-order valence-electron chi connectivity index (χ0n) is 15.4. The maximum absolute atomic E-state index is 12.4. The van der Waals surface area contributed by atoms with Crippen LogP contribution in [0.5, 0.6) is 0 Å². The van der Waals surface area contributed by atoms with Gasteiger partial charge in [-0.05, 0) is 50.2 Å². The number of carbonyl (C=O) groups is 1. The summed E-state index contributed by atoms with van der Waals surface area (Å²) in [7, 11) is 0. The van der Waals surface area contributed by atoms with Gasteiger partial charge in [0.05, 0.1) is 0 Å². The smallest absolute Gasteiger partial charge is 0.224 e. The van der Waals surface area contributed by atoms with Crippen molar-refractivity contribution in [3.63, 3.8) is 0 Å². The van der Waals surface area contributed by atoms with E-state index in [9.17, 15) is 4.79 Å². The third-order valence-corrected chi connectivity index (χ3v) is 5.44. The maximum atomic E-state index is 12.4. The zero-order chi connectivity index (χ0) is 17.9. The molecule has 1 aromatic heterocycles. The standard InChI is InChI=1S/C21H26N4O/c1-15-10-11-17(21-24-23-19-9-3-2-6-12-25(19)21)14-18(15)22-20(26)13-16-7-4-5-8-16/h4,7,10-11,14,16H,2-3,5-6,8-9,12-13H2,1H3,(H,22,26). The van der Waals surface area contributed by atoms with Crippen LogP contribution in [0.1, 0.15) is 49.9 Å². The van der Waals surface area contributed by atoms with Gasteiger partial charge in [-0.3, -0.25) is 4.79 Å². The van der Waals surface area contributed by atoms with Crippen LogP contribution in [0.25, 0.3) is 11.4 Å². The van der Waals surface area contributed by atoms with Gasteiger partial charge in [0.25, 0.3) is 0 Å². The Hall–Kier alpha value is -2.43.